The molecular weight excluding hydrogens is 575 g/mol. The number of benzene rings is 8. The van der Waals surface area contributed by atoms with Crippen LogP contribution in [0.25, 0.3) is 64.0 Å². The van der Waals surface area contributed by atoms with Gasteiger partial charge in [-0.1, -0.05) is 127 Å². The Hall–Kier alpha value is -5.70. The summed E-state index contributed by atoms with van der Waals surface area (Å²) in [7, 11) is 0. The number of hydrogen-bond acceptors (Lipinski definition) is 2. The predicted molar refractivity (Wildman–Crippen MR) is 200 cm³/mol. The number of rotatable bonds is 5. The van der Waals surface area contributed by atoms with Gasteiger partial charge in [-0.2, -0.15) is 0 Å². The Morgan fingerprint density at radius 3 is 1.78 bits per heavy atom. The first kappa shape index (κ1) is 26.7. The van der Waals surface area contributed by atoms with E-state index in [1.807, 2.05) is 11.3 Å². The van der Waals surface area contributed by atoms with Crippen LogP contribution in [-0.2, 0) is 0 Å². The molecule has 0 radical (unpaired) electrons. The van der Waals surface area contributed by atoms with E-state index in [2.05, 4.69) is 181 Å². The van der Waals surface area contributed by atoms with E-state index >= 15 is 0 Å². The Labute approximate surface area is 272 Å². The second kappa shape index (κ2) is 11.0. The smallest absolute Gasteiger partial charge is 0.0468 e. The van der Waals surface area contributed by atoms with E-state index in [1.165, 1.54) is 64.0 Å². The molecule has 0 aliphatic heterocycles. The van der Waals surface area contributed by atoms with Crippen LogP contribution < -0.4 is 4.90 Å². The average Bonchev–Trinajstić information content (AvgIpc) is 3.51. The lowest BCUT2D eigenvalue weighted by Gasteiger charge is -2.26. The summed E-state index contributed by atoms with van der Waals surface area (Å²) in [6, 6.07) is 64.0. The van der Waals surface area contributed by atoms with Crippen LogP contribution in [0.1, 0.15) is 0 Å². The molecule has 0 bridgehead atoms. The van der Waals surface area contributed by atoms with Gasteiger partial charge < -0.3 is 4.90 Å². The van der Waals surface area contributed by atoms with Crippen molar-refractivity contribution < 1.29 is 0 Å². The normalized spacial score (nSPS) is 11.5. The van der Waals surface area contributed by atoms with Gasteiger partial charge in [-0.05, 0) is 92.3 Å². The minimum absolute atomic E-state index is 1.12. The third-order valence-electron chi connectivity index (χ3n) is 9.02. The molecule has 2 heteroatoms. The third kappa shape index (κ3) is 4.63. The molecule has 0 spiro atoms. The van der Waals surface area contributed by atoms with E-state index in [0.717, 1.165) is 17.1 Å². The molecule has 0 saturated carbocycles. The lowest BCUT2D eigenvalue weighted by molar-refractivity contribution is 1.29. The topological polar surface area (TPSA) is 3.24 Å². The van der Waals surface area contributed by atoms with Crippen molar-refractivity contribution in [3.63, 3.8) is 0 Å². The van der Waals surface area contributed by atoms with Gasteiger partial charge in [-0.25, -0.2) is 0 Å². The van der Waals surface area contributed by atoms with E-state index in [0.29, 0.717) is 0 Å². The minimum atomic E-state index is 1.12. The van der Waals surface area contributed by atoms with Crippen molar-refractivity contribution in [2.24, 2.45) is 0 Å². The largest absolute Gasteiger partial charge is 0.310 e. The van der Waals surface area contributed by atoms with Gasteiger partial charge in [0.05, 0.1) is 0 Å². The molecule has 0 amide bonds. The van der Waals surface area contributed by atoms with Crippen molar-refractivity contribution in [3.8, 4) is 22.3 Å². The Morgan fingerprint density at radius 1 is 0.348 bits per heavy atom. The number of anilines is 3. The van der Waals surface area contributed by atoms with Gasteiger partial charge in [0.2, 0.25) is 0 Å². The Bertz CT molecular complexity index is 2540. The molecule has 0 saturated heterocycles. The second-order valence-electron chi connectivity index (χ2n) is 11.8. The molecule has 1 aromatic heterocycles. The molecule has 1 nitrogen and oxygen atoms in total. The SMILES string of the molecule is c1cc(-c2cccc3c2sc2ccccc23)cc(N(c2ccc(-c3ccc4ccccc4c3)cc2)c2ccc3ccccc3c2)c1. The predicted octanol–water partition coefficient (Wildman–Crippen LogP) is 13.2. The summed E-state index contributed by atoms with van der Waals surface area (Å²) in [6.07, 6.45) is 0. The molecule has 0 unspecified atom stereocenters. The van der Waals surface area contributed by atoms with Gasteiger partial charge in [-0.15, -0.1) is 11.3 Å². The molecule has 0 aliphatic rings. The number of hydrogen-bond donors (Lipinski definition) is 0. The summed E-state index contributed by atoms with van der Waals surface area (Å²) >= 11 is 1.88. The van der Waals surface area contributed by atoms with Crippen molar-refractivity contribution in [1.82, 2.24) is 0 Å². The highest BCUT2D eigenvalue weighted by Crippen LogP contribution is 2.42. The summed E-state index contributed by atoms with van der Waals surface area (Å²) in [5.41, 5.74) is 8.30. The maximum Gasteiger partial charge on any atom is 0.0468 e. The Balaban J connectivity index is 1.18. The molecule has 46 heavy (non-hydrogen) atoms. The first-order valence-electron chi connectivity index (χ1n) is 15.7. The van der Waals surface area contributed by atoms with Gasteiger partial charge in [0, 0.05) is 37.2 Å². The van der Waals surface area contributed by atoms with E-state index < -0.39 is 0 Å². The highest BCUT2D eigenvalue weighted by atomic mass is 32.1. The van der Waals surface area contributed by atoms with Crippen molar-refractivity contribution in [1.29, 1.82) is 0 Å². The van der Waals surface area contributed by atoms with Crippen LogP contribution in [0.3, 0.4) is 0 Å². The summed E-state index contributed by atoms with van der Waals surface area (Å²) in [5.74, 6) is 0. The number of thiophene rings is 1. The molecule has 0 N–H and O–H groups in total. The van der Waals surface area contributed by atoms with E-state index in [-0.39, 0.29) is 0 Å². The average molecular weight is 604 g/mol. The zero-order chi connectivity index (χ0) is 30.5. The van der Waals surface area contributed by atoms with E-state index in [9.17, 15) is 0 Å². The van der Waals surface area contributed by atoms with Crippen LogP contribution >= 0.6 is 11.3 Å². The van der Waals surface area contributed by atoms with Crippen LogP contribution in [0.4, 0.5) is 17.1 Å². The molecule has 0 atom stereocenters. The van der Waals surface area contributed by atoms with Crippen LogP contribution in [0, 0.1) is 0 Å². The van der Waals surface area contributed by atoms with Crippen molar-refractivity contribution in [3.05, 3.63) is 176 Å². The fourth-order valence-electron chi connectivity index (χ4n) is 6.72. The third-order valence-corrected chi connectivity index (χ3v) is 10.2. The zero-order valence-corrected chi connectivity index (χ0v) is 25.9. The number of fused-ring (bicyclic) bond motifs is 5. The lowest BCUT2D eigenvalue weighted by Crippen LogP contribution is -2.10. The van der Waals surface area contributed by atoms with Crippen LogP contribution in [0.15, 0.2) is 176 Å². The van der Waals surface area contributed by atoms with Gasteiger partial charge in [0.15, 0.2) is 0 Å². The highest BCUT2D eigenvalue weighted by molar-refractivity contribution is 7.26. The molecular formula is C44H29NS. The molecule has 216 valence electrons. The Kier molecular flexibility index (Phi) is 6.40. The summed E-state index contributed by atoms with van der Waals surface area (Å²) in [6.45, 7) is 0. The van der Waals surface area contributed by atoms with Crippen LogP contribution in [-0.4, -0.2) is 0 Å². The van der Waals surface area contributed by atoms with Gasteiger partial charge in [0.25, 0.3) is 0 Å². The molecule has 0 aliphatic carbocycles. The van der Waals surface area contributed by atoms with Crippen LogP contribution in [0.5, 0.6) is 0 Å². The maximum atomic E-state index is 2.38. The van der Waals surface area contributed by atoms with Crippen molar-refractivity contribution >= 4 is 70.1 Å². The summed E-state index contributed by atoms with van der Waals surface area (Å²) in [4.78, 5) is 2.38. The van der Waals surface area contributed by atoms with Gasteiger partial charge in [0.1, 0.15) is 0 Å². The first-order chi connectivity index (χ1) is 22.8. The quantitative estimate of drug-likeness (QED) is 0.189. The standard InChI is InChI=1S/C44H29NS/c1-3-11-33-27-35(20-19-30(33)9-1)32-21-24-37(25-22-32)45(39-26-23-31-10-2-4-12-34(31)28-39)38-14-7-13-36(29-38)40-16-8-17-42-41-15-5-6-18-43(41)46-44(40)42/h1-29H. The van der Waals surface area contributed by atoms with Crippen molar-refractivity contribution in [2.45, 2.75) is 0 Å². The zero-order valence-electron chi connectivity index (χ0n) is 25.1. The fraction of sp³-hybridized carbons (Fsp3) is 0. The first-order valence-corrected chi connectivity index (χ1v) is 16.5. The van der Waals surface area contributed by atoms with Gasteiger partial charge in [-0.3, -0.25) is 0 Å². The Morgan fingerprint density at radius 2 is 0.957 bits per heavy atom. The summed E-state index contributed by atoms with van der Waals surface area (Å²) in [5, 5.41) is 7.62. The second-order valence-corrected chi connectivity index (χ2v) is 12.9. The molecule has 1 heterocycles. The molecule has 8 aromatic carbocycles. The fourth-order valence-corrected chi connectivity index (χ4v) is 7.96. The minimum Gasteiger partial charge on any atom is -0.310 e. The molecule has 9 aromatic rings. The lowest BCUT2D eigenvalue weighted by atomic mass is 10.00. The van der Waals surface area contributed by atoms with Crippen LogP contribution in [0.2, 0.25) is 0 Å². The van der Waals surface area contributed by atoms with Gasteiger partial charge >= 0.3 is 0 Å². The van der Waals surface area contributed by atoms with E-state index in [4.69, 9.17) is 0 Å². The summed E-state index contributed by atoms with van der Waals surface area (Å²) < 4.78 is 2.66. The molecule has 0 fully saturated rings. The molecule has 9 rings (SSSR count). The van der Waals surface area contributed by atoms with Crippen molar-refractivity contribution in [2.75, 3.05) is 4.90 Å². The highest BCUT2D eigenvalue weighted by Gasteiger charge is 2.16. The van der Waals surface area contributed by atoms with E-state index in [1.54, 1.807) is 0 Å². The monoisotopic (exact) mass is 603 g/mol. The maximum absolute atomic E-state index is 2.38. The number of nitrogens with zero attached hydrogens (tertiary/aromatic N) is 1.